The van der Waals surface area contributed by atoms with Crippen molar-refractivity contribution in [2.24, 2.45) is 0 Å². The number of aliphatic hydroxyl groups is 1. The predicted molar refractivity (Wildman–Crippen MR) is 73.9 cm³/mol. The van der Waals surface area contributed by atoms with Crippen LogP contribution in [0.2, 0.25) is 0 Å². The second kappa shape index (κ2) is 6.73. The van der Waals surface area contributed by atoms with Gasteiger partial charge in [0.15, 0.2) is 0 Å². The number of hydrogen-bond acceptors (Lipinski definition) is 3. The highest BCUT2D eigenvalue weighted by Crippen LogP contribution is 2.07. The van der Waals surface area contributed by atoms with Crippen LogP contribution in [0.25, 0.3) is 0 Å². The van der Waals surface area contributed by atoms with Crippen LogP contribution in [0.15, 0.2) is 24.3 Å². The quantitative estimate of drug-likeness (QED) is 0.665. The van der Waals surface area contributed by atoms with Crippen LogP contribution in [0, 0.1) is 11.8 Å². The van der Waals surface area contributed by atoms with Crippen molar-refractivity contribution in [1.82, 2.24) is 10.6 Å². The van der Waals surface area contributed by atoms with Gasteiger partial charge in [0.05, 0.1) is 0 Å². The number of hydrogen-bond donors (Lipinski definition) is 3. The van der Waals surface area contributed by atoms with Crippen molar-refractivity contribution in [1.29, 1.82) is 0 Å². The molecule has 1 aliphatic heterocycles. The lowest BCUT2D eigenvalue weighted by molar-refractivity contribution is -0.124. The summed E-state index contributed by atoms with van der Waals surface area (Å²) >= 11 is 0. The van der Waals surface area contributed by atoms with E-state index >= 15 is 0 Å². The lowest BCUT2D eigenvalue weighted by Crippen LogP contribution is -2.50. The Labute approximate surface area is 117 Å². The molecule has 1 aromatic carbocycles. The van der Waals surface area contributed by atoms with Gasteiger partial charge in [-0.3, -0.25) is 9.59 Å². The first kappa shape index (κ1) is 14.1. The van der Waals surface area contributed by atoms with Crippen molar-refractivity contribution in [2.75, 3.05) is 13.2 Å². The molecule has 5 nitrogen and oxygen atoms in total. The van der Waals surface area contributed by atoms with Gasteiger partial charge in [-0.05, 0) is 31.0 Å². The van der Waals surface area contributed by atoms with E-state index in [1.807, 2.05) is 0 Å². The Morgan fingerprint density at radius 3 is 3.10 bits per heavy atom. The number of carbonyl (C=O) groups is 2. The van der Waals surface area contributed by atoms with Crippen molar-refractivity contribution >= 4 is 11.8 Å². The number of amides is 2. The van der Waals surface area contributed by atoms with Gasteiger partial charge in [0.25, 0.3) is 5.91 Å². The number of nitrogens with one attached hydrogen (secondary N) is 2. The van der Waals surface area contributed by atoms with Gasteiger partial charge in [0.2, 0.25) is 5.91 Å². The molecule has 1 atom stereocenters. The van der Waals surface area contributed by atoms with Crippen LogP contribution in [-0.4, -0.2) is 36.1 Å². The topological polar surface area (TPSA) is 78.4 Å². The zero-order chi connectivity index (χ0) is 14.4. The Kier molecular flexibility index (Phi) is 4.75. The molecule has 1 aromatic rings. The van der Waals surface area contributed by atoms with E-state index in [4.69, 9.17) is 5.11 Å². The van der Waals surface area contributed by atoms with E-state index in [9.17, 15) is 9.59 Å². The van der Waals surface area contributed by atoms with Gasteiger partial charge < -0.3 is 15.7 Å². The Morgan fingerprint density at radius 2 is 2.35 bits per heavy atom. The highest BCUT2D eigenvalue weighted by Gasteiger charge is 2.23. The van der Waals surface area contributed by atoms with E-state index in [0.29, 0.717) is 24.1 Å². The number of piperidine rings is 1. The van der Waals surface area contributed by atoms with Crippen LogP contribution < -0.4 is 10.6 Å². The maximum atomic E-state index is 12.1. The summed E-state index contributed by atoms with van der Waals surface area (Å²) in [6, 6.07) is 6.31. The monoisotopic (exact) mass is 272 g/mol. The fourth-order valence-corrected chi connectivity index (χ4v) is 2.03. The molecule has 3 N–H and O–H groups in total. The van der Waals surface area contributed by atoms with E-state index in [-0.39, 0.29) is 18.4 Å². The minimum atomic E-state index is -0.469. The molecule has 0 radical (unpaired) electrons. The summed E-state index contributed by atoms with van der Waals surface area (Å²) in [5.41, 5.74) is 1.10. The zero-order valence-corrected chi connectivity index (χ0v) is 11.0. The predicted octanol–water partition coefficient (Wildman–Crippen LogP) is 0.0388. The molecule has 2 rings (SSSR count). The molecule has 0 aliphatic carbocycles. The molecule has 0 saturated carbocycles. The average molecular weight is 272 g/mol. The van der Waals surface area contributed by atoms with Crippen LogP contribution in [0.3, 0.4) is 0 Å². The highest BCUT2D eigenvalue weighted by atomic mass is 16.2. The van der Waals surface area contributed by atoms with Gasteiger partial charge in [-0.15, -0.1) is 0 Å². The summed E-state index contributed by atoms with van der Waals surface area (Å²) in [6.07, 6.45) is 1.51. The standard InChI is InChI=1S/C15H16N2O3/c18-9-3-5-11-4-1-6-12(10-11)14(19)17-13-7-2-8-16-15(13)20/h1,4,6,10,13,18H,2,7-9H2,(H,16,20)(H,17,19). The van der Waals surface area contributed by atoms with Crippen LogP contribution >= 0.6 is 0 Å². The molecule has 104 valence electrons. The molecule has 1 aliphatic rings. The largest absolute Gasteiger partial charge is 0.384 e. The zero-order valence-electron chi connectivity index (χ0n) is 11.0. The van der Waals surface area contributed by atoms with E-state index in [2.05, 4.69) is 22.5 Å². The Morgan fingerprint density at radius 1 is 1.50 bits per heavy atom. The SMILES string of the molecule is O=C(NC1CCCNC1=O)c1cccc(C#CCO)c1. The van der Waals surface area contributed by atoms with Gasteiger partial charge in [-0.25, -0.2) is 0 Å². The fraction of sp³-hybridized carbons (Fsp3) is 0.333. The number of aliphatic hydroxyl groups excluding tert-OH is 1. The molecule has 1 fully saturated rings. The van der Waals surface area contributed by atoms with Crippen molar-refractivity contribution in [3.63, 3.8) is 0 Å². The molecule has 1 saturated heterocycles. The summed E-state index contributed by atoms with van der Waals surface area (Å²) in [5.74, 6) is 4.84. The summed E-state index contributed by atoms with van der Waals surface area (Å²) < 4.78 is 0. The first-order valence-electron chi connectivity index (χ1n) is 6.49. The smallest absolute Gasteiger partial charge is 0.251 e. The van der Waals surface area contributed by atoms with Gasteiger partial charge in [0.1, 0.15) is 12.6 Å². The maximum absolute atomic E-state index is 12.1. The van der Waals surface area contributed by atoms with E-state index in [1.54, 1.807) is 24.3 Å². The van der Waals surface area contributed by atoms with Crippen molar-refractivity contribution in [2.45, 2.75) is 18.9 Å². The van der Waals surface area contributed by atoms with Crippen LogP contribution in [0.4, 0.5) is 0 Å². The molecule has 1 heterocycles. The number of benzene rings is 1. The Balaban J connectivity index is 2.07. The van der Waals surface area contributed by atoms with Gasteiger partial charge >= 0.3 is 0 Å². The summed E-state index contributed by atoms with van der Waals surface area (Å²) in [7, 11) is 0. The van der Waals surface area contributed by atoms with Crippen molar-refractivity contribution < 1.29 is 14.7 Å². The second-order valence-electron chi connectivity index (χ2n) is 4.50. The first-order valence-corrected chi connectivity index (χ1v) is 6.49. The minimum absolute atomic E-state index is 0.138. The third-order valence-corrected chi connectivity index (χ3v) is 3.03. The minimum Gasteiger partial charge on any atom is -0.384 e. The fourth-order valence-electron chi connectivity index (χ4n) is 2.03. The Hall–Kier alpha value is -2.32. The Bertz CT molecular complexity index is 572. The van der Waals surface area contributed by atoms with E-state index < -0.39 is 6.04 Å². The van der Waals surface area contributed by atoms with Gasteiger partial charge in [-0.2, -0.15) is 0 Å². The first-order chi connectivity index (χ1) is 9.70. The average Bonchev–Trinajstić information content (AvgIpc) is 2.48. The summed E-state index contributed by atoms with van der Waals surface area (Å²) in [5, 5.41) is 14.1. The normalized spacial score (nSPS) is 17.6. The van der Waals surface area contributed by atoms with E-state index in [0.717, 1.165) is 6.42 Å². The lowest BCUT2D eigenvalue weighted by Gasteiger charge is -2.22. The maximum Gasteiger partial charge on any atom is 0.251 e. The van der Waals surface area contributed by atoms with Crippen LogP contribution in [0.5, 0.6) is 0 Å². The van der Waals surface area contributed by atoms with Crippen LogP contribution in [0.1, 0.15) is 28.8 Å². The number of rotatable bonds is 2. The van der Waals surface area contributed by atoms with E-state index in [1.165, 1.54) is 0 Å². The number of carbonyl (C=O) groups excluding carboxylic acids is 2. The summed E-state index contributed by atoms with van der Waals surface area (Å²) in [6.45, 7) is 0.441. The third kappa shape index (κ3) is 3.59. The molecular weight excluding hydrogens is 256 g/mol. The van der Waals surface area contributed by atoms with Gasteiger partial charge in [0, 0.05) is 17.7 Å². The molecule has 0 bridgehead atoms. The molecule has 1 unspecified atom stereocenters. The molecule has 20 heavy (non-hydrogen) atoms. The van der Waals surface area contributed by atoms with Crippen molar-refractivity contribution in [3.05, 3.63) is 35.4 Å². The molecular formula is C15H16N2O3. The third-order valence-electron chi connectivity index (χ3n) is 3.03. The summed E-state index contributed by atoms with van der Waals surface area (Å²) in [4.78, 5) is 23.7. The molecule has 0 spiro atoms. The molecule has 0 aromatic heterocycles. The van der Waals surface area contributed by atoms with Crippen LogP contribution in [-0.2, 0) is 4.79 Å². The lowest BCUT2D eigenvalue weighted by atomic mass is 10.1. The van der Waals surface area contributed by atoms with Gasteiger partial charge in [-0.1, -0.05) is 17.9 Å². The molecule has 5 heteroatoms. The van der Waals surface area contributed by atoms with Crippen molar-refractivity contribution in [3.8, 4) is 11.8 Å². The molecule has 2 amide bonds. The highest BCUT2D eigenvalue weighted by molar-refractivity contribution is 5.97. The second-order valence-corrected chi connectivity index (χ2v) is 4.50.